The number of aromatic nitrogens is 4. The second-order valence-electron chi connectivity index (χ2n) is 5.37. The number of rotatable bonds is 3. The van der Waals surface area contributed by atoms with Gasteiger partial charge in [-0.25, -0.2) is 9.67 Å². The van der Waals surface area contributed by atoms with Crippen LogP contribution in [0.2, 0.25) is 5.15 Å². The first-order valence-electron chi connectivity index (χ1n) is 7.36. The van der Waals surface area contributed by atoms with Gasteiger partial charge in [-0.15, -0.1) is 0 Å². The number of hydrogen-bond donors (Lipinski definition) is 1. The summed E-state index contributed by atoms with van der Waals surface area (Å²) >= 11 is 5.83. The van der Waals surface area contributed by atoms with Crippen molar-refractivity contribution in [2.24, 2.45) is 7.05 Å². The topological polar surface area (TPSA) is 72.7 Å². The van der Waals surface area contributed by atoms with Crippen molar-refractivity contribution in [3.8, 4) is 11.1 Å². The SMILES string of the molecule is Cn1nc(C(=O)Nc2cccnc2)c(-c2ccc(C(F)(F)F)nc2Cl)c1F. The van der Waals surface area contributed by atoms with Gasteiger partial charge in [0.05, 0.1) is 17.4 Å². The fourth-order valence-electron chi connectivity index (χ4n) is 2.31. The van der Waals surface area contributed by atoms with E-state index in [2.05, 4.69) is 20.4 Å². The Morgan fingerprint density at radius 2 is 2.00 bits per heavy atom. The van der Waals surface area contributed by atoms with Crippen molar-refractivity contribution in [3.05, 3.63) is 59.1 Å². The van der Waals surface area contributed by atoms with Crippen LogP contribution in [0.3, 0.4) is 0 Å². The van der Waals surface area contributed by atoms with Crippen molar-refractivity contribution in [3.63, 3.8) is 0 Å². The first-order valence-corrected chi connectivity index (χ1v) is 7.74. The Kier molecular flexibility index (Phi) is 4.83. The Morgan fingerprint density at radius 3 is 2.59 bits per heavy atom. The number of hydrogen-bond acceptors (Lipinski definition) is 4. The molecule has 1 N–H and O–H groups in total. The van der Waals surface area contributed by atoms with E-state index in [-0.39, 0.29) is 16.8 Å². The lowest BCUT2D eigenvalue weighted by molar-refractivity contribution is -0.141. The molecular weight excluding hydrogens is 390 g/mol. The molecule has 3 rings (SSSR count). The van der Waals surface area contributed by atoms with Crippen LogP contribution in [-0.2, 0) is 13.2 Å². The van der Waals surface area contributed by atoms with Gasteiger partial charge in [-0.1, -0.05) is 11.6 Å². The van der Waals surface area contributed by atoms with E-state index in [1.807, 2.05) is 0 Å². The Labute approximate surface area is 154 Å². The van der Waals surface area contributed by atoms with E-state index in [1.54, 1.807) is 12.1 Å². The highest BCUT2D eigenvalue weighted by Crippen LogP contribution is 2.35. The Balaban J connectivity index is 2.05. The zero-order valence-electron chi connectivity index (χ0n) is 13.6. The van der Waals surface area contributed by atoms with Crippen molar-refractivity contribution >= 4 is 23.2 Å². The van der Waals surface area contributed by atoms with E-state index in [9.17, 15) is 22.4 Å². The molecule has 0 atom stereocenters. The quantitative estimate of drug-likeness (QED) is 0.535. The second-order valence-corrected chi connectivity index (χ2v) is 5.72. The van der Waals surface area contributed by atoms with E-state index in [0.29, 0.717) is 11.8 Å². The summed E-state index contributed by atoms with van der Waals surface area (Å²) in [4.78, 5) is 19.6. The average Bonchev–Trinajstić information content (AvgIpc) is 2.90. The van der Waals surface area contributed by atoms with Gasteiger partial charge in [0.25, 0.3) is 5.91 Å². The molecule has 0 radical (unpaired) electrons. The van der Waals surface area contributed by atoms with Crippen LogP contribution < -0.4 is 5.32 Å². The Hall–Kier alpha value is -3.01. The molecule has 0 aromatic carbocycles. The maximum atomic E-state index is 14.5. The summed E-state index contributed by atoms with van der Waals surface area (Å²) < 4.78 is 53.6. The molecule has 0 aliphatic carbocycles. The summed E-state index contributed by atoms with van der Waals surface area (Å²) in [7, 11) is 1.24. The molecule has 0 saturated heterocycles. The normalized spacial score (nSPS) is 11.5. The Bertz CT molecular complexity index is 1000. The summed E-state index contributed by atoms with van der Waals surface area (Å²) in [6.07, 6.45) is -1.85. The molecule has 140 valence electrons. The molecule has 1 amide bonds. The van der Waals surface area contributed by atoms with E-state index < -0.39 is 28.9 Å². The number of alkyl halides is 3. The van der Waals surface area contributed by atoms with Crippen LogP contribution in [0.1, 0.15) is 16.2 Å². The minimum atomic E-state index is -4.71. The van der Waals surface area contributed by atoms with Crippen LogP contribution >= 0.6 is 11.6 Å². The number of nitrogens with zero attached hydrogens (tertiary/aromatic N) is 4. The second kappa shape index (κ2) is 6.95. The third-order valence-corrected chi connectivity index (χ3v) is 3.81. The van der Waals surface area contributed by atoms with Gasteiger partial charge in [-0.2, -0.15) is 22.7 Å². The molecule has 0 bridgehead atoms. The molecule has 0 saturated carbocycles. The van der Waals surface area contributed by atoms with Gasteiger partial charge in [0.2, 0.25) is 5.95 Å². The van der Waals surface area contributed by atoms with Crippen LogP contribution in [0.5, 0.6) is 0 Å². The Morgan fingerprint density at radius 1 is 1.26 bits per heavy atom. The maximum absolute atomic E-state index is 14.5. The van der Waals surface area contributed by atoms with Crippen LogP contribution in [0.4, 0.5) is 23.2 Å². The minimum Gasteiger partial charge on any atom is -0.319 e. The van der Waals surface area contributed by atoms with Gasteiger partial charge in [-0.05, 0) is 24.3 Å². The first kappa shape index (κ1) is 18.8. The van der Waals surface area contributed by atoms with Gasteiger partial charge in [0.1, 0.15) is 10.8 Å². The van der Waals surface area contributed by atoms with Crippen LogP contribution in [0, 0.1) is 5.95 Å². The van der Waals surface area contributed by atoms with E-state index in [1.165, 1.54) is 19.4 Å². The van der Waals surface area contributed by atoms with Crippen LogP contribution in [-0.4, -0.2) is 25.7 Å². The monoisotopic (exact) mass is 399 g/mol. The van der Waals surface area contributed by atoms with Gasteiger partial charge in [-0.3, -0.25) is 9.78 Å². The lowest BCUT2D eigenvalue weighted by atomic mass is 10.1. The van der Waals surface area contributed by atoms with Crippen molar-refractivity contribution in [1.29, 1.82) is 0 Å². The maximum Gasteiger partial charge on any atom is 0.433 e. The number of amides is 1. The number of pyridine rings is 2. The molecule has 0 fully saturated rings. The molecule has 3 heterocycles. The fraction of sp³-hybridized carbons (Fsp3) is 0.125. The van der Waals surface area contributed by atoms with Gasteiger partial charge in [0.15, 0.2) is 5.69 Å². The van der Waals surface area contributed by atoms with E-state index >= 15 is 0 Å². The van der Waals surface area contributed by atoms with Crippen molar-refractivity contribution < 1.29 is 22.4 Å². The third-order valence-electron chi connectivity index (χ3n) is 3.52. The summed E-state index contributed by atoms with van der Waals surface area (Å²) in [5.74, 6) is -1.73. The minimum absolute atomic E-state index is 0.188. The standard InChI is InChI=1S/C16H10ClF4N5O/c1-26-14(18)11(9-4-5-10(16(19,20)21)24-13(9)17)12(25-26)15(27)23-8-3-2-6-22-7-8/h2-7H,1H3,(H,23,27). The highest BCUT2D eigenvalue weighted by molar-refractivity contribution is 6.32. The molecule has 0 aliphatic heterocycles. The molecule has 0 unspecified atom stereocenters. The van der Waals surface area contributed by atoms with Gasteiger partial charge < -0.3 is 5.32 Å². The summed E-state index contributed by atoms with van der Waals surface area (Å²) in [6, 6.07) is 4.72. The molecule has 0 spiro atoms. The number of halogens is 5. The summed E-state index contributed by atoms with van der Waals surface area (Å²) in [5, 5.41) is 5.67. The number of carbonyl (C=O) groups excluding carboxylic acids is 1. The largest absolute Gasteiger partial charge is 0.433 e. The smallest absolute Gasteiger partial charge is 0.319 e. The van der Waals surface area contributed by atoms with Crippen molar-refractivity contribution in [2.75, 3.05) is 5.32 Å². The molecule has 6 nitrogen and oxygen atoms in total. The lowest BCUT2D eigenvalue weighted by Crippen LogP contribution is -2.14. The van der Waals surface area contributed by atoms with Gasteiger partial charge in [0, 0.05) is 18.8 Å². The average molecular weight is 400 g/mol. The van der Waals surface area contributed by atoms with Crippen LogP contribution in [0.25, 0.3) is 11.1 Å². The zero-order chi connectivity index (χ0) is 19.8. The fourth-order valence-corrected chi connectivity index (χ4v) is 2.56. The predicted molar refractivity (Wildman–Crippen MR) is 88.6 cm³/mol. The van der Waals surface area contributed by atoms with Crippen molar-refractivity contribution in [2.45, 2.75) is 6.18 Å². The summed E-state index contributed by atoms with van der Waals surface area (Å²) in [5.41, 5.74) is -1.81. The lowest BCUT2D eigenvalue weighted by Gasteiger charge is -2.09. The molecule has 3 aromatic rings. The zero-order valence-corrected chi connectivity index (χ0v) is 14.3. The van der Waals surface area contributed by atoms with Gasteiger partial charge >= 0.3 is 6.18 Å². The molecular formula is C16H10ClF4N5O. The molecule has 11 heteroatoms. The van der Waals surface area contributed by atoms with Crippen molar-refractivity contribution in [1.82, 2.24) is 19.7 Å². The molecule has 3 aromatic heterocycles. The van der Waals surface area contributed by atoms with E-state index in [4.69, 9.17) is 11.6 Å². The number of carbonyl (C=O) groups is 1. The summed E-state index contributed by atoms with van der Waals surface area (Å²) in [6.45, 7) is 0. The number of nitrogens with one attached hydrogen (secondary N) is 1. The van der Waals surface area contributed by atoms with E-state index in [0.717, 1.165) is 10.7 Å². The molecule has 27 heavy (non-hydrogen) atoms. The number of aryl methyl sites for hydroxylation is 1. The van der Waals surface area contributed by atoms with Crippen LogP contribution in [0.15, 0.2) is 36.7 Å². The predicted octanol–water partition coefficient (Wildman–Crippen LogP) is 3.94. The molecule has 0 aliphatic rings. The third kappa shape index (κ3) is 3.75. The first-order chi connectivity index (χ1) is 12.7. The number of anilines is 1. The highest BCUT2D eigenvalue weighted by Gasteiger charge is 2.34. The highest BCUT2D eigenvalue weighted by atomic mass is 35.5.